The summed E-state index contributed by atoms with van der Waals surface area (Å²) < 4.78 is 19.3. The maximum atomic E-state index is 12.9. The lowest BCUT2D eigenvalue weighted by Crippen LogP contribution is -2.05. The molecule has 1 N–H and O–H groups in total. The minimum absolute atomic E-state index is 0.0655. The molecule has 2 aromatic heterocycles. The van der Waals surface area contributed by atoms with E-state index in [1.165, 1.54) is 34.7 Å². The predicted molar refractivity (Wildman–Crippen MR) is 83.4 cm³/mol. The molecule has 1 aromatic carbocycles. The first-order valence-corrected chi connectivity index (χ1v) is 7.14. The number of ether oxygens (including phenoxy) is 1. The molecule has 3 aromatic rings. The Hall–Kier alpha value is -3.29. The topological polar surface area (TPSA) is 88.5 Å². The van der Waals surface area contributed by atoms with Crippen LogP contribution in [0, 0.1) is 5.82 Å². The van der Waals surface area contributed by atoms with Crippen LogP contribution in [0.2, 0.25) is 0 Å². The van der Waals surface area contributed by atoms with E-state index in [-0.39, 0.29) is 35.3 Å². The number of aromatic hydroxyl groups is 1. The van der Waals surface area contributed by atoms with E-state index in [0.29, 0.717) is 5.69 Å². The van der Waals surface area contributed by atoms with Gasteiger partial charge in [-0.2, -0.15) is 0 Å². The highest BCUT2D eigenvalue weighted by Crippen LogP contribution is 2.28. The molecule has 0 unspecified atom stereocenters. The highest BCUT2D eigenvalue weighted by atomic mass is 19.1. The molecule has 122 valence electrons. The molecule has 0 aliphatic heterocycles. The average Bonchev–Trinajstić information content (AvgIpc) is 2.95. The van der Waals surface area contributed by atoms with Crippen molar-refractivity contribution in [3.63, 3.8) is 0 Å². The van der Waals surface area contributed by atoms with E-state index >= 15 is 0 Å². The molecule has 0 radical (unpaired) electrons. The molecular weight excluding hydrogens is 315 g/mol. The van der Waals surface area contributed by atoms with Crippen molar-refractivity contribution in [1.82, 2.24) is 9.38 Å². The van der Waals surface area contributed by atoms with Crippen molar-refractivity contribution in [2.24, 2.45) is 10.2 Å². The Morgan fingerprint density at radius 2 is 2.04 bits per heavy atom. The Morgan fingerprint density at radius 1 is 1.29 bits per heavy atom. The van der Waals surface area contributed by atoms with Crippen LogP contribution in [-0.4, -0.2) is 27.1 Å². The van der Waals surface area contributed by atoms with Gasteiger partial charge in [-0.05, 0) is 43.3 Å². The summed E-state index contributed by atoms with van der Waals surface area (Å²) in [6, 6.07) is 8.42. The minimum atomic E-state index is -0.673. The van der Waals surface area contributed by atoms with E-state index in [1.807, 2.05) is 0 Å². The largest absolute Gasteiger partial charge is 0.504 e. The third kappa shape index (κ3) is 2.94. The first-order valence-electron chi connectivity index (χ1n) is 7.14. The highest BCUT2D eigenvalue weighted by Gasteiger charge is 2.21. The maximum absolute atomic E-state index is 12.9. The molecule has 0 amide bonds. The van der Waals surface area contributed by atoms with E-state index in [0.717, 1.165) is 0 Å². The molecule has 24 heavy (non-hydrogen) atoms. The fraction of sp³-hybridized carbons (Fsp3) is 0.125. The summed E-state index contributed by atoms with van der Waals surface area (Å²) in [5, 5.41) is 17.9. The summed E-state index contributed by atoms with van der Waals surface area (Å²) >= 11 is 0. The van der Waals surface area contributed by atoms with Gasteiger partial charge in [0.2, 0.25) is 0 Å². The van der Waals surface area contributed by atoms with E-state index in [9.17, 15) is 14.3 Å². The number of hydrogen-bond donors (Lipinski definition) is 1. The number of esters is 1. The minimum Gasteiger partial charge on any atom is -0.504 e. The van der Waals surface area contributed by atoms with Crippen LogP contribution in [-0.2, 0) is 4.74 Å². The van der Waals surface area contributed by atoms with Crippen molar-refractivity contribution in [2.75, 3.05) is 6.61 Å². The lowest BCUT2D eigenvalue weighted by molar-refractivity contribution is 0.0521. The van der Waals surface area contributed by atoms with Gasteiger partial charge in [0, 0.05) is 6.20 Å². The molecule has 0 aliphatic carbocycles. The summed E-state index contributed by atoms with van der Waals surface area (Å²) in [7, 11) is 0. The van der Waals surface area contributed by atoms with Gasteiger partial charge in [-0.3, -0.25) is 4.40 Å². The van der Waals surface area contributed by atoms with Crippen molar-refractivity contribution in [3.8, 4) is 5.75 Å². The molecule has 0 saturated heterocycles. The van der Waals surface area contributed by atoms with Crippen LogP contribution in [0.1, 0.15) is 17.4 Å². The van der Waals surface area contributed by atoms with Gasteiger partial charge < -0.3 is 9.84 Å². The fourth-order valence-electron chi connectivity index (χ4n) is 2.09. The van der Waals surface area contributed by atoms with Crippen LogP contribution in [0.25, 0.3) is 5.65 Å². The van der Waals surface area contributed by atoms with Gasteiger partial charge in [0.05, 0.1) is 12.3 Å². The summed E-state index contributed by atoms with van der Waals surface area (Å²) in [5.41, 5.74) is 0.499. The highest BCUT2D eigenvalue weighted by molar-refractivity contribution is 5.93. The van der Waals surface area contributed by atoms with E-state index < -0.39 is 5.97 Å². The normalized spacial score (nSPS) is 11.2. The number of carbonyl (C=O) groups excluding carboxylic acids is 1. The third-order valence-electron chi connectivity index (χ3n) is 3.16. The molecular formula is C16H13FN4O3. The first-order chi connectivity index (χ1) is 11.6. The first kappa shape index (κ1) is 15.6. The van der Waals surface area contributed by atoms with Crippen molar-refractivity contribution in [3.05, 3.63) is 54.1 Å². The smallest absolute Gasteiger partial charge is 0.360 e. The van der Waals surface area contributed by atoms with Crippen LogP contribution < -0.4 is 0 Å². The molecule has 0 fully saturated rings. The summed E-state index contributed by atoms with van der Waals surface area (Å²) in [6.07, 6.45) is 1.59. The second-order valence-electron chi connectivity index (χ2n) is 4.77. The molecule has 0 aliphatic rings. The molecule has 7 nitrogen and oxygen atoms in total. The number of azo groups is 1. The monoisotopic (exact) mass is 328 g/mol. The fourth-order valence-corrected chi connectivity index (χ4v) is 2.09. The van der Waals surface area contributed by atoms with E-state index in [1.54, 1.807) is 19.2 Å². The standard InChI is InChI=1S/C16H13FN4O3/c1-2-24-16(23)13-15(20-19-11-7-5-10(17)6-8-11)21-9-3-4-12(22)14(21)18-13/h3-9,22H,2H2,1H3. The molecule has 0 spiro atoms. The van der Waals surface area contributed by atoms with E-state index in [4.69, 9.17) is 4.74 Å². The Morgan fingerprint density at radius 3 is 2.75 bits per heavy atom. The zero-order valence-corrected chi connectivity index (χ0v) is 12.7. The number of nitrogens with zero attached hydrogens (tertiary/aromatic N) is 4. The second-order valence-corrected chi connectivity index (χ2v) is 4.77. The van der Waals surface area contributed by atoms with Gasteiger partial charge in [0.1, 0.15) is 5.82 Å². The number of imidazole rings is 1. The number of fused-ring (bicyclic) bond motifs is 1. The molecule has 3 rings (SSSR count). The van der Waals surface area contributed by atoms with Gasteiger partial charge in [-0.15, -0.1) is 10.2 Å². The Labute approximate surface area is 136 Å². The number of carbonyl (C=O) groups is 1. The van der Waals surface area contributed by atoms with Gasteiger partial charge in [-0.1, -0.05) is 0 Å². The van der Waals surface area contributed by atoms with Crippen molar-refractivity contribution in [1.29, 1.82) is 0 Å². The van der Waals surface area contributed by atoms with Crippen LogP contribution in [0.15, 0.2) is 52.8 Å². The molecule has 8 heteroatoms. The number of benzene rings is 1. The van der Waals surface area contributed by atoms with Gasteiger partial charge in [-0.25, -0.2) is 14.2 Å². The van der Waals surface area contributed by atoms with Crippen LogP contribution in [0.4, 0.5) is 15.9 Å². The molecule has 0 atom stereocenters. The van der Waals surface area contributed by atoms with Crippen LogP contribution >= 0.6 is 0 Å². The van der Waals surface area contributed by atoms with Crippen LogP contribution in [0.3, 0.4) is 0 Å². The molecule has 0 bridgehead atoms. The third-order valence-corrected chi connectivity index (χ3v) is 3.16. The maximum Gasteiger partial charge on any atom is 0.360 e. The lowest BCUT2D eigenvalue weighted by Gasteiger charge is -2.00. The van der Waals surface area contributed by atoms with Crippen molar-refractivity contribution < 1.29 is 19.0 Å². The second kappa shape index (κ2) is 6.45. The van der Waals surface area contributed by atoms with Gasteiger partial charge in [0.15, 0.2) is 22.9 Å². The number of halogens is 1. The Bertz CT molecular complexity index is 919. The molecule has 0 saturated carbocycles. The zero-order valence-electron chi connectivity index (χ0n) is 12.7. The number of rotatable bonds is 4. The SMILES string of the molecule is CCOC(=O)c1nc2c(O)cccn2c1N=Nc1ccc(F)cc1. The van der Waals surface area contributed by atoms with Crippen molar-refractivity contribution >= 4 is 23.1 Å². The number of aromatic nitrogens is 2. The summed E-state index contributed by atoms with van der Waals surface area (Å²) in [6.45, 7) is 1.85. The van der Waals surface area contributed by atoms with Gasteiger partial charge in [0.25, 0.3) is 0 Å². The van der Waals surface area contributed by atoms with E-state index in [2.05, 4.69) is 15.2 Å². The summed E-state index contributed by atoms with van der Waals surface area (Å²) in [5.74, 6) is -1.05. The van der Waals surface area contributed by atoms with Crippen LogP contribution in [0.5, 0.6) is 5.75 Å². The predicted octanol–water partition coefficient (Wildman–Crippen LogP) is 3.77. The van der Waals surface area contributed by atoms with Crippen molar-refractivity contribution in [2.45, 2.75) is 6.92 Å². The zero-order chi connectivity index (χ0) is 17.1. The van der Waals surface area contributed by atoms with Gasteiger partial charge >= 0.3 is 5.97 Å². The quantitative estimate of drug-likeness (QED) is 0.583. The lowest BCUT2D eigenvalue weighted by atomic mass is 10.3. The summed E-state index contributed by atoms with van der Waals surface area (Å²) in [4.78, 5) is 16.2. The Balaban J connectivity index is 2.10. The number of hydrogen-bond acceptors (Lipinski definition) is 6. The molecule has 2 heterocycles. The Kier molecular flexibility index (Phi) is 4.19. The number of pyridine rings is 1. The average molecular weight is 328 g/mol.